The lowest BCUT2D eigenvalue weighted by Crippen LogP contribution is -2.25. The van der Waals surface area contributed by atoms with Crippen LogP contribution in [0.3, 0.4) is 0 Å². The Hall–Kier alpha value is -2.04. The number of nitrogens with one attached hydrogen (secondary N) is 1. The summed E-state index contributed by atoms with van der Waals surface area (Å²) in [5.74, 6) is 0. The molecule has 23 heavy (non-hydrogen) atoms. The molecule has 0 radical (unpaired) electrons. The highest BCUT2D eigenvalue weighted by Crippen LogP contribution is 2.28. The van der Waals surface area contributed by atoms with Gasteiger partial charge in [0, 0.05) is 22.7 Å². The minimum absolute atomic E-state index is 0.340. The van der Waals surface area contributed by atoms with E-state index in [1.807, 2.05) is 57.3 Å². The first-order chi connectivity index (χ1) is 10.9. The summed E-state index contributed by atoms with van der Waals surface area (Å²) in [4.78, 5) is 3.31. The first kappa shape index (κ1) is 15.8. The molecule has 0 spiro atoms. The van der Waals surface area contributed by atoms with Gasteiger partial charge >= 0.3 is 0 Å². The minimum Gasteiger partial charge on any atom is -0.591 e. The largest absolute Gasteiger partial charge is 0.591 e. The van der Waals surface area contributed by atoms with Gasteiger partial charge < -0.3 is 9.54 Å². The summed E-state index contributed by atoms with van der Waals surface area (Å²) >= 11 is -1.24. The van der Waals surface area contributed by atoms with Gasteiger partial charge in [0.15, 0.2) is 0 Å². The normalized spacial score (nSPS) is 13.7. The van der Waals surface area contributed by atoms with Gasteiger partial charge in [0.1, 0.15) is 16.1 Å². The maximum Gasteiger partial charge on any atom is 0.144 e. The van der Waals surface area contributed by atoms with Gasteiger partial charge in [-0.15, -0.1) is 0 Å². The number of hydrogen-bond acceptors (Lipinski definition) is 2. The van der Waals surface area contributed by atoms with E-state index in [0.29, 0.717) is 0 Å². The number of nitrogens with zero attached hydrogens (tertiary/aromatic N) is 1. The van der Waals surface area contributed by atoms with Crippen LogP contribution in [0, 0.1) is 0 Å². The first-order valence-corrected chi connectivity index (χ1v) is 8.68. The van der Waals surface area contributed by atoms with Gasteiger partial charge in [0.2, 0.25) is 0 Å². The van der Waals surface area contributed by atoms with E-state index in [4.69, 9.17) is 0 Å². The first-order valence-electron chi connectivity index (χ1n) is 7.58. The standard InChI is InChI=1S/C19H20N2OS/c1-19(2,3)23(22)21-12-14-9-10-16-17(13-20-18(16)11-14)15-7-5-4-6-8-15/h4-13,20H,1-3H3/t23-/m1/s1. The van der Waals surface area contributed by atoms with Crippen LogP contribution in [0.5, 0.6) is 0 Å². The summed E-state index contributed by atoms with van der Waals surface area (Å²) < 4.78 is 15.8. The van der Waals surface area contributed by atoms with Crippen molar-refractivity contribution in [1.29, 1.82) is 0 Å². The molecule has 0 amide bonds. The van der Waals surface area contributed by atoms with Crippen LogP contribution >= 0.6 is 0 Å². The van der Waals surface area contributed by atoms with E-state index in [2.05, 4.69) is 27.6 Å². The van der Waals surface area contributed by atoms with Crippen molar-refractivity contribution in [2.45, 2.75) is 25.5 Å². The van der Waals surface area contributed by atoms with Crippen molar-refractivity contribution in [1.82, 2.24) is 4.98 Å². The fourth-order valence-electron chi connectivity index (χ4n) is 2.35. The van der Waals surface area contributed by atoms with E-state index < -0.39 is 11.4 Å². The van der Waals surface area contributed by atoms with Gasteiger partial charge in [-0.2, -0.15) is 0 Å². The van der Waals surface area contributed by atoms with Crippen molar-refractivity contribution in [3.05, 3.63) is 60.3 Å². The zero-order valence-electron chi connectivity index (χ0n) is 13.5. The Kier molecular flexibility index (Phi) is 4.28. The highest BCUT2D eigenvalue weighted by atomic mass is 32.2. The molecule has 3 aromatic rings. The summed E-state index contributed by atoms with van der Waals surface area (Å²) in [5, 5.41) is 1.17. The molecule has 3 rings (SSSR count). The third kappa shape index (κ3) is 3.49. The van der Waals surface area contributed by atoms with Crippen LogP contribution in [0.25, 0.3) is 22.0 Å². The smallest absolute Gasteiger partial charge is 0.144 e. The zero-order valence-corrected chi connectivity index (χ0v) is 14.4. The SMILES string of the molecule is CC(C)(C)[S@@+]([O-])N=Cc1ccc2c(-c3ccccc3)c[nH]c2c1. The number of aromatic nitrogens is 1. The monoisotopic (exact) mass is 324 g/mol. The average Bonchev–Trinajstić information content (AvgIpc) is 2.95. The molecule has 0 unspecified atom stereocenters. The van der Waals surface area contributed by atoms with E-state index in [1.54, 1.807) is 6.21 Å². The molecule has 118 valence electrons. The Labute approximate surface area is 139 Å². The molecule has 0 aliphatic rings. The molecule has 0 saturated heterocycles. The number of benzene rings is 2. The molecule has 4 heteroatoms. The zero-order chi connectivity index (χ0) is 16.4. The lowest BCUT2D eigenvalue weighted by atomic mass is 10.0. The lowest BCUT2D eigenvalue weighted by Gasteiger charge is -2.17. The molecule has 0 aliphatic heterocycles. The Balaban J connectivity index is 1.91. The van der Waals surface area contributed by atoms with E-state index in [0.717, 1.165) is 11.1 Å². The molecule has 2 aromatic carbocycles. The summed E-state index contributed by atoms with van der Waals surface area (Å²) in [6.45, 7) is 5.75. The van der Waals surface area contributed by atoms with Crippen molar-refractivity contribution in [2.75, 3.05) is 0 Å². The van der Waals surface area contributed by atoms with Crippen LogP contribution in [0.4, 0.5) is 0 Å². The third-order valence-corrected chi connectivity index (χ3v) is 4.96. The van der Waals surface area contributed by atoms with Gasteiger partial charge in [-0.3, -0.25) is 0 Å². The molecular formula is C19H20N2OS. The minimum atomic E-state index is -1.24. The van der Waals surface area contributed by atoms with Gasteiger partial charge in [0.05, 0.1) is 6.21 Å². The Bertz CT molecular complexity index is 831. The Morgan fingerprint density at radius 2 is 1.83 bits per heavy atom. The number of aromatic amines is 1. The second kappa shape index (κ2) is 6.22. The maximum atomic E-state index is 12.0. The van der Waals surface area contributed by atoms with Crippen molar-refractivity contribution >= 4 is 28.5 Å². The van der Waals surface area contributed by atoms with Crippen LogP contribution < -0.4 is 0 Å². The summed E-state index contributed by atoms with van der Waals surface area (Å²) in [6.07, 6.45) is 3.71. The highest BCUT2D eigenvalue weighted by Gasteiger charge is 2.25. The second-order valence-corrected chi connectivity index (χ2v) is 8.40. The van der Waals surface area contributed by atoms with Crippen molar-refractivity contribution in [3.63, 3.8) is 0 Å². The molecule has 1 atom stereocenters. The molecule has 0 fully saturated rings. The molecule has 1 heterocycles. The highest BCUT2D eigenvalue weighted by molar-refractivity contribution is 7.91. The van der Waals surface area contributed by atoms with Gasteiger partial charge in [-0.25, -0.2) is 0 Å². The van der Waals surface area contributed by atoms with E-state index in [1.165, 1.54) is 16.5 Å². The lowest BCUT2D eigenvalue weighted by molar-refractivity contribution is 0.562. The molecule has 0 saturated carbocycles. The summed E-state index contributed by atoms with van der Waals surface area (Å²) in [6, 6.07) is 16.4. The van der Waals surface area contributed by atoms with Crippen LogP contribution in [-0.4, -0.2) is 20.5 Å². The number of H-pyrrole nitrogens is 1. The molecule has 3 nitrogen and oxygen atoms in total. The average molecular weight is 324 g/mol. The van der Waals surface area contributed by atoms with Crippen LogP contribution in [-0.2, 0) is 11.4 Å². The second-order valence-electron chi connectivity index (χ2n) is 6.47. The summed E-state index contributed by atoms with van der Waals surface area (Å²) in [7, 11) is 0. The Morgan fingerprint density at radius 3 is 2.52 bits per heavy atom. The van der Waals surface area contributed by atoms with Crippen molar-refractivity contribution in [2.24, 2.45) is 4.40 Å². The Morgan fingerprint density at radius 1 is 1.09 bits per heavy atom. The van der Waals surface area contributed by atoms with Crippen LogP contribution in [0.1, 0.15) is 26.3 Å². The topological polar surface area (TPSA) is 51.2 Å². The van der Waals surface area contributed by atoms with Gasteiger partial charge in [0.25, 0.3) is 0 Å². The number of fused-ring (bicyclic) bond motifs is 1. The van der Waals surface area contributed by atoms with E-state index in [-0.39, 0.29) is 4.75 Å². The predicted octanol–water partition coefficient (Wildman–Crippen LogP) is 4.72. The van der Waals surface area contributed by atoms with Crippen molar-refractivity contribution < 1.29 is 4.55 Å². The van der Waals surface area contributed by atoms with Gasteiger partial charge in [-0.1, -0.05) is 46.9 Å². The maximum absolute atomic E-state index is 12.0. The number of rotatable bonds is 3. The molecule has 1 aromatic heterocycles. The number of hydrogen-bond donors (Lipinski definition) is 1. The molecular weight excluding hydrogens is 304 g/mol. The fraction of sp³-hybridized carbons (Fsp3) is 0.211. The van der Waals surface area contributed by atoms with E-state index in [9.17, 15) is 4.55 Å². The fourth-order valence-corrected chi connectivity index (χ4v) is 2.88. The molecule has 0 bridgehead atoms. The van der Waals surface area contributed by atoms with Gasteiger partial charge in [-0.05, 0) is 38.0 Å². The third-order valence-electron chi connectivity index (χ3n) is 3.61. The molecule has 0 aliphatic carbocycles. The van der Waals surface area contributed by atoms with E-state index >= 15 is 0 Å². The van der Waals surface area contributed by atoms with Crippen LogP contribution in [0.15, 0.2) is 59.1 Å². The van der Waals surface area contributed by atoms with Crippen LogP contribution in [0.2, 0.25) is 0 Å². The summed E-state index contributed by atoms with van der Waals surface area (Å²) in [5.41, 5.74) is 4.36. The van der Waals surface area contributed by atoms with Crippen molar-refractivity contribution in [3.8, 4) is 11.1 Å². The predicted molar refractivity (Wildman–Crippen MR) is 99.2 cm³/mol. The quantitative estimate of drug-likeness (QED) is 0.550. The molecule has 1 N–H and O–H groups in total.